The molecule has 0 rings (SSSR count). The second-order valence-corrected chi connectivity index (χ2v) is 3.34. The summed E-state index contributed by atoms with van der Waals surface area (Å²) in [6.07, 6.45) is 0. The summed E-state index contributed by atoms with van der Waals surface area (Å²) in [5, 5.41) is 0. The minimum atomic E-state index is -6.17. The van der Waals surface area contributed by atoms with E-state index in [9.17, 15) is 0 Å². The fraction of sp³-hybridized carbons (Fsp3) is 0. The molecule has 88 valence electrons. The zero-order chi connectivity index (χ0) is 4.50. The van der Waals surface area contributed by atoms with Crippen molar-refractivity contribution in [3.05, 3.63) is 0 Å². The average Bonchev–Trinajstić information content (AvgIpc) is 0.722. The van der Waals surface area contributed by atoms with Gasteiger partial charge in [-0.1, -0.05) is 0 Å². The molecule has 12 heteroatoms. The van der Waals surface area contributed by atoms with Crippen LogP contribution in [-0.2, 0) is 23.5 Å². The van der Waals surface area contributed by atoms with Gasteiger partial charge in [-0.2, -0.15) is 0 Å². The Morgan fingerprint density at radius 1 is 0.667 bits per heavy atom. The molecule has 0 saturated heterocycles. The van der Waals surface area contributed by atoms with Gasteiger partial charge >= 0.3 is 31.1 Å². The van der Waals surface area contributed by atoms with E-state index in [1.165, 1.54) is 0 Å². The van der Waals surface area contributed by atoms with Crippen molar-refractivity contribution in [2.75, 3.05) is 0 Å². The zero-order valence-electron chi connectivity index (χ0n) is 6.54. The molecule has 0 aromatic carbocycles. The first kappa shape index (κ1) is 92.3. The van der Waals surface area contributed by atoms with Crippen molar-refractivity contribution < 1.29 is 58.4 Å². The Labute approximate surface area is 71.4 Å². The Morgan fingerprint density at radius 2 is 0.667 bits per heavy atom. The minimum absolute atomic E-state index is 0. The maximum atomic E-state index is 8.65. The van der Waals surface area contributed by atoms with Crippen LogP contribution in [0.5, 0.6) is 0 Å². The van der Waals surface area contributed by atoms with Gasteiger partial charge < -0.3 is 39.7 Å². The van der Waals surface area contributed by atoms with Crippen molar-refractivity contribution in [2.45, 2.75) is 0 Å². The van der Waals surface area contributed by atoms with E-state index in [0.717, 1.165) is 0 Å². The van der Waals surface area contributed by atoms with E-state index in [-0.39, 0.29) is 39.7 Å². The molecule has 0 aliphatic carbocycles. The van der Waals surface area contributed by atoms with Crippen LogP contribution in [0, 0.1) is 0 Å². The molecule has 0 atom stereocenters. The second-order valence-electron chi connectivity index (χ2n) is 0.408. The SMILES string of the molecule is O.O.O.O.O.[NH4+].[NH4+].[O]=[W](=[O])([O-])[O-]. The summed E-state index contributed by atoms with van der Waals surface area (Å²) < 4.78 is 34.6. The predicted molar refractivity (Wildman–Crippen MR) is 31.4 cm³/mol. The molecule has 0 saturated carbocycles. The van der Waals surface area contributed by atoms with Crippen LogP contribution >= 0.6 is 0 Å². The first-order chi connectivity index (χ1) is 2.00. The Morgan fingerprint density at radius 3 is 0.667 bits per heavy atom. The first-order valence-electron chi connectivity index (χ1n) is 0.667. The van der Waals surface area contributed by atoms with Crippen LogP contribution < -0.4 is 19.8 Å². The van der Waals surface area contributed by atoms with Crippen LogP contribution in [0.4, 0.5) is 0 Å². The van der Waals surface area contributed by atoms with Gasteiger partial charge in [0.2, 0.25) is 0 Å². The molecule has 0 amide bonds. The quantitative estimate of drug-likeness (QED) is 0.418. The summed E-state index contributed by atoms with van der Waals surface area (Å²) in [6.45, 7) is 0. The van der Waals surface area contributed by atoms with E-state index in [1.807, 2.05) is 0 Å². The van der Waals surface area contributed by atoms with Gasteiger partial charge in [0, 0.05) is 0 Å². The molecule has 0 spiro atoms. The molecule has 0 radical (unpaired) electrons. The number of quaternary nitrogens is 2. The second kappa shape index (κ2) is 30.7. The van der Waals surface area contributed by atoms with E-state index in [1.54, 1.807) is 0 Å². The van der Waals surface area contributed by atoms with Crippen LogP contribution in [0.3, 0.4) is 0 Å². The molecular weight excluding hydrogens is 356 g/mol. The molecule has 0 aliphatic rings. The molecule has 0 aliphatic heterocycles. The fourth-order valence-corrected chi connectivity index (χ4v) is 0. The molecule has 0 heterocycles. The van der Waals surface area contributed by atoms with Gasteiger partial charge in [-0.25, -0.2) is 0 Å². The molecule has 0 unspecified atom stereocenters. The van der Waals surface area contributed by atoms with Gasteiger partial charge in [-0.05, 0) is 0 Å². The summed E-state index contributed by atoms with van der Waals surface area (Å²) in [6, 6.07) is 0. The molecule has 0 fully saturated rings. The van der Waals surface area contributed by atoms with Crippen molar-refractivity contribution in [2.24, 2.45) is 0 Å². The summed E-state index contributed by atoms with van der Waals surface area (Å²) in [5.74, 6) is 0. The third-order valence-electron chi connectivity index (χ3n) is 0. The molecular formula is H18N2O9W. The Balaban J connectivity index is -0.00000000381. The Bertz CT molecular complexity index is 95.7. The van der Waals surface area contributed by atoms with E-state index < -0.39 is 16.7 Å². The van der Waals surface area contributed by atoms with Gasteiger partial charge in [0.1, 0.15) is 0 Å². The number of rotatable bonds is 0. The van der Waals surface area contributed by atoms with E-state index >= 15 is 0 Å². The van der Waals surface area contributed by atoms with Crippen molar-refractivity contribution in [3.8, 4) is 0 Å². The van der Waals surface area contributed by atoms with Gasteiger partial charge in [0.15, 0.2) is 0 Å². The third kappa shape index (κ3) is 154000. The van der Waals surface area contributed by atoms with Crippen LogP contribution in [0.15, 0.2) is 0 Å². The summed E-state index contributed by atoms with van der Waals surface area (Å²) in [7, 11) is 0. The van der Waals surface area contributed by atoms with Crippen LogP contribution in [0.1, 0.15) is 0 Å². The van der Waals surface area contributed by atoms with Crippen LogP contribution in [0.2, 0.25) is 0 Å². The predicted octanol–water partition coefficient (Wildman–Crippen LogP) is -5.99. The summed E-state index contributed by atoms with van der Waals surface area (Å²) in [4.78, 5) is 0. The van der Waals surface area contributed by atoms with Crippen molar-refractivity contribution in [1.29, 1.82) is 0 Å². The fourth-order valence-electron chi connectivity index (χ4n) is 0. The number of hydrogen-bond donors (Lipinski definition) is 2. The normalized spacial score (nSPS) is 4.83. The summed E-state index contributed by atoms with van der Waals surface area (Å²) >= 11 is -6.17. The standard InChI is InChI=1S/2H3N.5H2O.4O.W/h2*1H3;5*1H2;;;;;/q;;;;;;;;;2*-1;/p+2. The van der Waals surface area contributed by atoms with E-state index in [4.69, 9.17) is 14.3 Å². The molecule has 11 nitrogen and oxygen atoms in total. The van der Waals surface area contributed by atoms with Gasteiger partial charge in [0.05, 0.1) is 0 Å². The molecule has 0 aromatic heterocycles. The Kier molecular flexibility index (Phi) is 236. The van der Waals surface area contributed by atoms with Crippen LogP contribution in [-0.4, -0.2) is 27.4 Å². The third-order valence-corrected chi connectivity index (χ3v) is 0. The maximum absolute atomic E-state index is 8.65. The van der Waals surface area contributed by atoms with E-state index in [2.05, 4.69) is 0 Å². The molecule has 18 N–H and O–H groups in total. The molecule has 0 aromatic rings. The molecule has 12 heavy (non-hydrogen) atoms. The average molecular weight is 374 g/mol. The van der Waals surface area contributed by atoms with E-state index in [0.29, 0.717) is 0 Å². The summed E-state index contributed by atoms with van der Waals surface area (Å²) in [5.41, 5.74) is 0. The van der Waals surface area contributed by atoms with Gasteiger partial charge in [-0.15, -0.1) is 0 Å². The zero-order valence-corrected chi connectivity index (χ0v) is 9.47. The van der Waals surface area contributed by atoms with Gasteiger partial charge in [-0.3, -0.25) is 0 Å². The van der Waals surface area contributed by atoms with Crippen molar-refractivity contribution in [1.82, 2.24) is 12.3 Å². The molecule has 0 bridgehead atoms. The monoisotopic (exact) mass is 374 g/mol. The van der Waals surface area contributed by atoms with Gasteiger partial charge in [0.25, 0.3) is 0 Å². The number of hydrogen-bond acceptors (Lipinski definition) is 4. The first-order valence-corrected chi connectivity index (χ1v) is 5.46. The Hall–Kier alpha value is -0.0717. The van der Waals surface area contributed by atoms with Crippen molar-refractivity contribution in [3.63, 3.8) is 0 Å². The van der Waals surface area contributed by atoms with Crippen molar-refractivity contribution >= 4 is 0 Å². The topological polar surface area (TPSA) is 311 Å². The van der Waals surface area contributed by atoms with Crippen LogP contribution in [0.25, 0.3) is 0 Å².